The van der Waals surface area contributed by atoms with Gasteiger partial charge in [0, 0.05) is 59.9 Å². The number of piperazine rings is 1. The van der Waals surface area contributed by atoms with Crippen molar-refractivity contribution in [2.75, 3.05) is 31.1 Å². The Labute approximate surface area is 226 Å². The fourth-order valence-electron chi connectivity index (χ4n) is 5.37. The van der Waals surface area contributed by atoms with Crippen molar-refractivity contribution < 1.29 is 5.11 Å². The van der Waals surface area contributed by atoms with Gasteiger partial charge in [-0.1, -0.05) is 18.2 Å². The van der Waals surface area contributed by atoms with Crippen molar-refractivity contribution in [3.8, 4) is 34.2 Å². The van der Waals surface area contributed by atoms with Gasteiger partial charge in [0.25, 0.3) is 0 Å². The van der Waals surface area contributed by atoms with Gasteiger partial charge < -0.3 is 15.3 Å². The van der Waals surface area contributed by atoms with Crippen LogP contribution in [0.25, 0.3) is 22.4 Å². The summed E-state index contributed by atoms with van der Waals surface area (Å²) in [5, 5.41) is 35.5. The number of hydrogen-bond donors (Lipinski definition) is 2. The van der Waals surface area contributed by atoms with E-state index in [9.17, 15) is 10.4 Å². The number of pyridine rings is 1. The Morgan fingerprint density at radius 2 is 1.79 bits per heavy atom. The largest absolute Gasteiger partial charge is 0.507 e. The normalized spacial score (nSPS) is 16.8. The molecular formula is C30H28N6OS. The van der Waals surface area contributed by atoms with Crippen molar-refractivity contribution in [3.63, 3.8) is 0 Å². The molecular weight excluding hydrogens is 492 g/mol. The van der Waals surface area contributed by atoms with Crippen LogP contribution in [0.2, 0.25) is 0 Å². The van der Waals surface area contributed by atoms with E-state index in [1.54, 1.807) is 11.3 Å². The van der Waals surface area contributed by atoms with Gasteiger partial charge in [-0.05, 0) is 66.2 Å². The maximum absolute atomic E-state index is 10.5. The van der Waals surface area contributed by atoms with Crippen molar-refractivity contribution in [1.29, 1.82) is 5.26 Å². The number of hydrogen-bond acceptors (Lipinski definition) is 8. The second-order valence-electron chi connectivity index (χ2n) is 9.82. The van der Waals surface area contributed by atoms with Gasteiger partial charge in [-0.3, -0.25) is 0 Å². The van der Waals surface area contributed by atoms with Crippen LogP contribution in [0.1, 0.15) is 33.2 Å². The van der Waals surface area contributed by atoms with Gasteiger partial charge >= 0.3 is 0 Å². The van der Waals surface area contributed by atoms with Crippen molar-refractivity contribution in [3.05, 3.63) is 81.0 Å². The van der Waals surface area contributed by atoms with Crippen molar-refractivity contribution in [2.24, 2.45) is 10.2 Å². The molecule has 2 aromatic heterocycles. The van der Waals surface area contributed by atoms with E-state index < -0.39 is 0 Å². The predicted molar refractivity (Wildman–Crippen MR) is 151 cm³/mol. The van der Waals surface area contributed by atoms with E-state index in [1.165, 1.54) is 5.69 Å². The number of rotatable bonds is 4. The molecule has 2 N–H and O–H groups in total. The Hall–Kier alpha value is -4.06. The maximum atomic E-state index is 10.5. The first-order valence-corrected chi connectivity index (χ1v) is 13.7. The zero-order valence-corrected chi connectivity index (χ0v) is 22.2. The minimum absolute atomic E-state index is 0.0984. The van der Waals surface area contributed by atoms with Crippen LogP contribution in [0.5, 0.6) is 5.75 Å². The minimum atomic E-state index is -0.0984. The highest BCUT2D eigenvalue weighted by Gasteiger charge is 2.28. The van der Waals surface area contributed by atoms with E-state index in [4.69, 9.17) is 4.98 Å². The average molecular weight is 521 g/mol. The molecule has 1 unspecified atom stereocenters. The molecule has 1 fully saturated rings. The first kappa shape index (κ1) is 24.3. The summed E-state index contributed by atoms with van der Waals surface area (Å²) in [5.74, 6) is 0.809. The Balaban J connectivity index is 1.53. The zero-order chi connectivity index (χ0) is 26.2. The van der Waals surface area contributed by atoms with Gasteiger partial charge in [-0.25, -0.2) is 4.98 Å². The SMILES string of the molecule is Cc1cc(-c2nc3c(c(-c4ccc(N5CCNCC5)cc4)c2C#N)CC(c2cccs2)N=N3)cc(C)c1O. The summed E-state index contributed by atoms with van der Waals surface area (Å²) in [6.45, 7) is 7.61. The summed E-state index contributed by atoms with van der Waals surface area (Å²) >= 11 is 1.66. The molecule has 2 aliphatic heterocycles. The molecule has 190 valence electrons. The number of phenols is 1. The maximum Gasteiger partial charge on any atom is 0.178 e. The Bertz CT molecular complexity index is 1540. The summed E-state index contributed by atoms with van der Waals surface area (Å²) in [5.41, 5.74) is 7.30. The molecule has 38 heavy (non-hydrogen) atoms. The van der Waals surface area contributed by atoms with Crippen LogP contribution in [0.4, 0.5) is 11.5 Å². The lowest BCUT2D eigenvalue weighted by Crippen LogP contribution is -2.43. The molecule has 6 rings (SSSR count). The predicted octanol–water partition coefficient (Wildman–Crippen LogP) is 6.46. The van der Waals surface area contributed by atoms with Crippen LogP contribution in [-0.2, 0) is 6.42 Å². The molecule has 0 aliphatic carbocycles. The number of nitriles is 1. The van der Waals surface area contributed by atoms with E-state index in [0.717, 1.165) is 64.4 Å². The molecule has 0 saturated carbocycles. The average Bonchev–Trinajstić information content (AvgIpc) is 3.50. The summed E-state index contributed by atoms with van der Waals surface area (Å²) < 4.78 is 0. The first-order valence-electron chi connectivity index (χ1n) is 12.8. The van der Waals surface area contributed by atoms with E-state index in [2.05, 4.69) is 56.8 Å². The highest BCUT2D eigenvalue weighted by Crippen LogP contribution is 2.44. The summed E-state index contributed by atoms with van der Waals surface area (Å²) in [7, 11) is 0. The summed E-state index contributed by atoms with van der Waals surface area (Å²) in [4.78, 5) is 8.40. The lowest BCUT2D eigenvalue weighted by atomic mass is 9.88. The van der Waals surface area contributed by atoms with Gasteiger partial charge in [0.2, 0.25) is 0 Å². The minimum Gasteiger partial charge on any atom is -0.507 e. The van der Waals surface area contributed by atoms with E-state index in [-0.39, 0.29) is 11.8 Å². The molecule has 0 amide bonds. The van der Waals surface area contributed by atoms with Crippen LogP contribution in [0, 0.1) is 25.2 Å². The number of aromatic nitrogens is 1. The highest BCUT2D eigenvalue weighted by atomic mass is 32.1. The number of phenolic OH excluding ortho intramolecular Hbond substituents is 1. The van der Waals surface area contributed by atoms with Crippen molar-refractivity contribution >= 4 is 22.8 Å². The van der Waals surface area contributed by atoms with Crippen LogP contribution < -0.4 is 10.2 Å². The number of nitrogens with one attached hydrogen (secondary N) is 1. The number of benzene rings is 2. The molecule has 8 heteroatoms. The van der Waals surface area contributed by atoms with Crippen LogP contribution >= 0.6 is 11.3 Å². The van der Waals surface area contributed by atoms with Crippen LogP contribution in [-0.4, -0.2) is 36.3 Å². The topological polar surface area (TPSA) is 96.9 Å². The molecule has 1 atom stereocenters. The molecule has 7 nitrogen and oxygen atoms in total. The molecule has 0 bridgehead atoms. The van der Waals surface area contributed by atoms with E-state index in [1.807, 2.05) is 37.4 Å². The second-order valence-corrected chi connectivity index (χ2v) is 10.8. The Morgan fingerprint density at radius 1 is 1.05 bits per heavy atom. The van der Waals surface area contributed by atoms with E-state index in [0.29, 0.717) is 23.5 Å². The van der Waals surface area contributed by atoms with Gasteiger partial charge in [0.15, 0.2) is 5.82 Å². The first-order chi connectivity index (χ1) is 18.5. The van der Waals surface area contributed by atoms with Crippen molar-refractivity contribution in [2.45, 2.75) is 26.3 Å². The third-order valence-corrected chi connectivity index (χ3v) is 8.33. The third-order valence-electron chi connectivity index (χ3n) is 7.35. The monoisotopic (exact) mass is 520 g/mol. The second kappa shape index (κ2) is 10.0. The molecule has 4 heterocycles. The summed E-state index contributed by atoms with van der Waals surface area (Å²) in [6, 6.07) is 18.7. The Morgan fingerprint density at radius 3 is 2.45 bits per heavy atom. The number of aryl methyl sites for hydroxylation is 2. The van der Waals surface area contributed by atoms with Gasteiger partial charge in [0.1, 0.15) is 17.9 Å². The number of anilines is 1. The number of aromatic hydroxyl groups is 1. The smallest absolute Gasteiger partial charge is 0.178 e. The molecule has 0 spiro atoms. The van der Waals surface area contributed by atoms with Crippen LogP contribution in [0.3, 0.4) is 0 Å². The van der Waals surface area contributed by atoms with Gasteiger partial charge in [-0.15, -0.1) is 16.5 Å². The number of fused-ring (bicyclic) bond motifs is 1. The fourth-order valence-corrected chi connectivity index (χ4v) is 6.13. The number of thiophene rings is 1. The lowest BCUT2D eigenvalue weighted by molar-refractivity contribution is 0.467. The van der Waals surface area contributed by atoms with Gasteiger partial charge in [0.05, 0.1) is 11.3 Å². The Kier molecular flexibility index (Phi) is 6.40. The van der Waals surface area contributed by atoms with Crippen LogP contribution in [0.15, 0.2) is 64.1 Å². The molecule has 0 radical (unpaired) electrons. The molecule has 2 aromatic carbocycles. The highest BCUT2D eigenvalue weighted by molar-refractivity contribution is 7.10. The standard InChI is InChI=1S/C30H28N6OS/c1-18-14-21(15-19(2)29(18)37)28-24(17-31)27(20-5-7-22(8-6-20)36-11-9-32-10-12-36)23-16-25(26-4-3-13-38-26)34-35-30(23)33-28/h3-8,13-15,25,32,37H,9-12,16H2,1-2H3. The van der Waals surface area contributed by atoms with Gasteiger partial charge in [-0.2, -0.15) is 10.4 Å². The van der Waals surface area contributed by atoms with Crippen molar-refractivity contribution in [1.82, 2.24) is 10.3 Å². The zero-order valence-electron chi connectivity index (χ0n) is 21.4. The number of nitrogens with zero attached hydrogens (tertiary/aromatic N) is 5. The number of azo groups is 1. The quantitative estimate of drug-likeness (QED) is 0.322. The summed E-state index contributed by atoms with van der Waals surface area (Å²) in [6.07, 6.45) is 0.629. The van der Waals surface area contributed by atoms with E-state index >= 15 is 0 Å². The fraction of sp³-hybridized carbons (Fsp3) is 0.267. The molecule has 4 aromatic rings. The molecule has 1 saturated heterocycles. The lowest BCUT2D eigenvalue weighted by Gasteiger charge is -2.29. The molecule has 2 aliphatic rings. The third kappa shape index (κ3) is 4.34.